The molecule has 3 aliphatic carbocycles. The van der Waals surface area contributed by atoms with E-state index in [1.165, 1.54) is 6.08 Å². The van der Waals surface area contributed by atoms with Crippen LogP contribution in [0.4, 0.5) is 0 Å². The maximum Gasteiger partial charge on any atom is 0.347 e. The molecule has 0 aromatic rings. The third-order valence-corrected chi connectivity index (χ3v) is 6.65. The predicted octanol–water partition coefficient (Wildman–Crippen LogP) is 4.13. The van der Waals surface area contributed by atoms with Gasteiger partial charge >= 0.3 is 23.9 Å². The lowest BCUT2D eigenvalue weighted by atomic mass is 9.67. The Labute approximate surface area is 186 Å². The monoisotopic (exact) mass is 432 g/mol. The Morgan fingerprint density at radius 1 is 0.969 bits per heavy atom. The van der Waals surface area contributed by atoms with Gasteiger partial charge in [-0.1, -0.05) is 49.5 Å². The summed E-state index contributed by atoms with van der Waals surface area (Å²) in [5.41, 5.74) is 4.81. The van der Waals surface area contributed by atoms with Crippen molar-refractivity contribution in [2.45, 2.75) is 40.0 Å². The average molecular weight is 432 g/mol. The SMILES string of the molecule is C=CC1=C(C2=C(C)C3C(=C)C4=C(CCC2C(/C=C\CC)=C3C)C(=O)OC4=O)C(=O)OC1=O. The molecule has 5 aliphatic rings. The number of hydrogen-bond donors (Lipinski definition) is 0. The van der Waals surface area contributed by atoms with Crippen molar-refractivity contribution in [1.29, 1.82) is 0 Å². The summed E-state index contributed by atoms with van der Waals surface area (Å²) in [6.07, 6.45) is 6.94. The summed E-state index contributed by atoms with van der Waals surface area (Å²) in [5, 5.41) is 0. The third-order valence-electron chi connectivity index (χ3n) is 6.65. The second-order valence-electron chi connectivity index (χ2n) is 8.30. The number of hydrogen-bond acceptors (Lipinski definition) is 6. The smallest absolute Gasteiger partial charge is 0.347 e. The van der Waals surface area contributed by atoms with Crippen LogP contribution in [-0.4, -0.2) is 23.9 Å². The molecule has 2 atom stereocenters. The Bertz CT molecular complexity index is 1180. The largest absolute Gasteiger partial charge is 0.386 e. The van der Waals surface area contributed by atoms with E-state index in [0.29, 0.717) is 23.1 Å². The van der Waals surface area contributed by atoms with Crippen molar-refractivity contribution in [3.05, 3.63) is 81.5 Å². The number of fused-ring (bicyclic) bond motifs is 1. The molecule has 0 N–H and O–H groups in total. The second kappa shape index (κ2) is 7.86. The molecule has 0 aromatic heterocycles. The fraction of sp³-hybridized carbons (Fsp3) is 0.308. The van der Waals surface area contributed by atoms with Crippen LogP contribution in [-0.2, 0) is 28.7 Å². The zero-order valence-electron chi connectivity index (χ0n) is 18.4. The summed E-state index contributed by atoms with van der Waals surface area (Å²) in [6, 6.07) is 0. The Morgan fingerprint density at radius 3 is 2.28 bits per heavy atom. The van der Waals surface area contributed by atoms with Gasteiger partial charge in [0.05, 0.1) is 22.3 Å². The summed E-state index contributed by atoms with van der Waals surface area (Å²) in [4.78, 5) is 50.0. The quantitative estimate of drug-likeness (QED) is 0.490. The molecule has 0 fully saturated rings. The molecular weight excluding hydrogens is 408 g/mol. The molecule has 6 heteroatoms. The van der Waals surface area contributed by atoms with Crippen molar-refractivity contribution in [1.82, 2.24) is 0 Å². The maximum atomic E-state index is 12.8. The predicted molar refractivity (Wildman–Crippen MR) is 117 cm³/mol. The standard InChI is InChI=1S/C26H24O6/c1-6-8-9-16-12(3)19-13(4)20(22-15(7-2)23(27)31-26(22)30)17(16)10-11-18-21(14(19)5)25(29)32-24(18)28/h7-9,17,19H,2,5-6,10-11H2,1,3-4H3/b9-8-. The Hall–Kier alpha value is -3.54. The Kier molecular flexibility index (Phi) is 5.33. The number of carbonyl (C=O) groups is 4. The highest BCUT2D eigenvalue weighted by Gasteiger charge is 2.46. The van der Waals surface area contributed by atoms with Crippen LogP contribution in [0.2, 0.25) is 0 Å². The van der Waals surface area contributed by atoms with Crippen LogP contribution in [0.5, 0.6) is 0 Å². The highest BCUT2D eigenvalue weighted by molar-refractivity contribution is 6.17. The van der Waals surface area contributed by atoms with E-state index < -0.39 is 29.8 Å². The minimum absolute atomic E-state index is 0.132. The van der Waals surface area contributed by atoms with Gasteiger partial charge in [0.25, 0.3) is 0 Å². The minimum atomic E-state index is -0.722. The molecule has 2 aliphatic heterocycles. The van der Waals surface area contributed by atoms with Crippen LogP contribution in [0, 0.1) is 11.8 Å². The van der Waals surface area contributed by atoms with E-state index in [1.54, 1.807) is 0 Å². The van der Waals surface area contributed by atoms with Crippen molar-refractivity contribution in [2.75, 3.05) is 0 Å². The first-order valence-corrected chi connectivity index (χ1v) is 10.6. The van der Waals surface area contributed by atoms with Gasteiger partial charge in [0, 0.05) is 11.8 Å². The number of esters is 4. The molecule has 0 radical (unpaired) electrons. The number of cyclic esters (lactones) is 4. The van der Waals surface area contributed by atoms with Crippen molar-refractivity contribution in [2.24, 2.45) is 11.8 Å². The summed E-state index contributed by atoms with van der Waals surface area (Å²) < 4.78 is 9.81. The number of allylic oxidation sites excluding steroid dienone is 5. The van der Waals surface area contributed by atoms with E-state index in [2.05, 4.69) is 13.2 Å². The molecule has 2 unspecified atom stereocenters. The zero-order chi connectivity index (χ0) is 23.3. The van der Waals surface area contributed by atoms with Crippen molar-refractivity contribution >= 4 is 23.9 Å². The fourth-order valence-corrected chi connectivity index (χ4v) is 5.29. The van der Waals surface area contributed by atoms with Gasteiger partial charge in [-0.3, -0.25) is 0 Å². The normalized spacial score (nSPS) is 26.2. The first kappa shape index (κ1) is 21.7. The van der Waals surface area contributed by atoms with Gasteiger partial charge < -0.3 is 9.47 Å². The van der Waals surface area contributed by atoms with Crippen molar-refractivity contribution in [3.63, 3.8) is 0 Å². The van der Waals surface area contributed by atoms with Gasteiger partial charge in [0.1, 0.15) is 0 Å². The number of rotatable bonds is 4. The molecule has 0 saturated carbocycles. The van der Waals surface area contributed by atoms with Crippen LogP contribution in [0.1, 0.15) is 40.0 Å². The topological polar surface area (TPSA) is 86.7 Å². The molecule has 6 nitrogen and oxygen atoms in total. The summed E-state index contributed by atoms with van der Waals surface area (Å²) in [7, 11) is 0. The van der Waals surface area contributed by atoms with Gasteiger partial charge in [-0.05, 0) is 49.8 Å². The molecule has 0 amide bonds. The van der Waals surface area contributed by atoms with Crippen LogP contribution >= 0.6 is 0 Å². The highest BCUT2D eigenvalue weighted by atomic mass is 16.6. The summed E-state index contributed by atoms with van der Waals surface area (Å²) >= 11 is 0. The van der Waals surface area contributed by atoms with Crippen LogP contribution in [0.3, 0.4) is 0 Å². The van der Waals surface area contributed by atoms with Crippen LogP contribution in [0.15, 0.2) is 81.5 Å². The molecular formula is C26H24O6. The second-order valence-corrected chi connectivity index (χ2v) is 8.30. The molecule has 2 bridgehead atoms. The first-order chi connectivity index (χ1) is 15.2. The number of ether oxygens (including phenoxy) is 2. The van der Waals surface area contributed by atoms with Gasteiger partial charge in [-0.2, -0.15) is 0 Å². The molecule has 32 heavy (non-hydrogen) atoms. The lowest BCUT2D eigenvalue weighted by Crippen LogP contribution is -2.26. The Balaban J connectivity index is 2.02. The van der Waals surface area contributed by atoms with E-state index in [9.17, 15) is 19.2 Å². The summed E-state index contributed by atoms with van der Waals surface area (Å²) in [5.74, 6) is -3.46. The van der Waals surface area contributed by atoms with E-state index in [4.69, 9.17) is 9.47 Å². The van der Waals surface area contributed by atoms with Gasteiger partial charge in [0.15, 0.2) is 0 Å². The molecule has 5 rings (SSSR count). The fourth-order valence-electron chi connectivity index (χ4n) is 5.29. The van der Waals surface area contributed by atoms with Crippen molar-refractivity contribution < 1.29 is 28.7 Å². The number of carbonyl (C=O) groups excluding carboxylic acids is 4. The van der Waals surface area contributed by atoms with Crippen LogP contribution < -0.4 is 0 Å². The van der Waals surface area contributed by atoms with Crippen LogP contribution in [0.25, 0.3) is 0 Å². The van der Waals surface area contributed by atoms with Gasteiger partial charge in [-0.25, -0.2) is 19.2 Å². The molecule has 0 aromatic carbocycles. The lowest BCUT2D eigenvalue weighted by Gasteiger charge is -2.36. The van der Waals surface area contributed by atoms with E-state index >= 15 is 0 Å². The zero-order valence-corrected chi connectivity index (χ0v) is 18.4. The molecule has 2 heterocycles. The van der Waals surface area contributed by atoms with E-state index in [-0.39, 0.29) is 29.1 Å². The molecule has 0 saturated heterocycles. The first-order valence-electron chi connectivity index (χ1n) is 10.6. The van der Waals surface area contributed by atoms with Crippen molar-refractivity contribution in [3.8, 4) is 0 Å². The van der Waals surface area contributed by atoms with Gasteiger partial charge in [0.2, 0.25) is 0 Å². The lowest BCUT2D eigenvalue weighted by molar-refractivity contribution is -0.152. The maximum absolute atomic E-state index is 12.8. The van der Waals surface area contributed by atoms with E-state index in [0.717, 1.165) is 23.1 Å². The molecule has 0 spiro atoms. The highest BCUT2D eigenvalue weighted by Crippen LogP contribution is 2.51. The summed E-state index contributed by atoms with van der Waals surface area (Å²) in [6.45, 7) is 13.8. The van der Waals surface area contributed by atoms with E-state index in [1.807, 2.05) is 32.9 Å². The van der Waals surface area contributed by atoms with Gasteiger partial charge in [-0.15, -0.1) is 0 Å². The average Bonchev–Trinajstić information content (AvgIpc) is 3.20. The third kappa shape index (κ3) is 3.01. The Morgan fingerprint density at radius 2 is 1.62 bits per heavy atom. The minimum Gasteiger partial charge on any atom is -0.386 e. The molecule has 164 valence electrons.